The minimum atomic E-state index is -0.640. The van der Waals surface area contributed by atoms with Crippen LogP contribution in [0.1, 0.15) is 11.3 Å². The molecule has 0 N–H and O–H groups in total. The fourth-order valence-electron chi connectivity index (χ4n) is 2.46. The molecule has 7 heteroatoms. The third kappa shape index (κ3) is 2.50. The van der Waals surface area contributed by atoms with Crippen molar-refractivity contribution in [3.8, 4) is 5.69 Å². The van der Waals surface area contributed by atoms with E-state index in [-0.39, 0.29) is 5.57 Å². The molecule has 0 bridgehead atoms. The highest BCUT2D eigenvalue weighted by Crippen LogP contribution is 2.20. The molecule has 1 aromatic carbocycles. The first kappa shape index (κ1) is 15.7. The summed E-state index contributed by atoms with van der Waals surface area (Å²) in [5.41, 5.74) is 2.13. The van der Waals surface area contributed by atoms with Crippen LogP contribution in [-0.2, 0) is 9.59 Å². The van der Waals surface area contributed by atoms with E-state index in [0.29, 0.717) is 11.3 Å². The highest BCUT2D eigenvalue weighted by atomic mass is 16.2. The molecule has 1 aromatic heterocycles. The topological polar surface area (TPSA) is 75.5 Å². The fourth-order valence-corrected chi connectivity index (χ4v) is 2.46. The molecule has 4 amide bonds. The monoisotopic (exact) mass is 324 g/mol. The first-order valence-electron chi connectivity index (χ1n) is 7.33. The highest BCUT2D eigenvalue weighted by molar-refractivity contribution is 6.30. The molecule has 0 spiro atoms. The second kappa shape index (κ2) is 5.77. The Balaban J connectivity index is 2.02. The Bertz CT molecular complexity index is 841. The molecule has 1 aliphatic heterocycles. The maximum absolute atomic E-state index is 12.2. The molecule has 1 aliphatic rings. The summed E-state index contributed by atoms with van der Waals surface area (Å²) in [6.45, 7) is 1.79. The van der Waals surface area contributed by atoms with Gasteiger partial charge >= 0.3 is 6.03 Å². The molecule has 7 nitrogen and oxygen atoms in total. The lowest BCUT2D eigenvalue weighted by Crippen LogP contribution is -2.52. The van der Waals surface area contributed by atoms with Crippen molar-refractivity contribution in [2.45, 2.75) is 6.92 Å². The van der Waals surface area contributed by atoms with Gasteiger partial charge in [0.2, 0.25) is 0 Å². The molecule has 3 rings (SSSR count). The van der Waals surface area contributed by atoms with Crippen molar-refractivity contribution in [1.29, 1.82) is 0 Å². The molecule has 2 aromatic rings. The summed E-state index contributed by atoms with van der Waals surface area (Å²) in [5.74, 6) is -1.23. The molecule has 24 heavy (non-hydrogen) atoms. The Kier molecular flexibility index (Phi) is 3.76. The van der Waals surface area contributed by atoms with E-state index in [4.69, 9.17) is 0 Å². The van der Waals surface area contributed by atoms with E-state index in [1.165, 1.54) is 20.2 Å². The van der Waals surface area contributed by atoms with Gasteiger partial charge < -0.3 is 0 Å². The minimum absolute atomic E-state index is 0.0599. The zero-order chi connectivity index (χ0) is 17.4. The predicted octanol–water partition coefficient (Wildman–Crippen LogP) is 1.61. The number of rotatable bonds is 2. The Hall–Kier alpha value is -3.22. The van der Waals surface area contributed by atoms with E-state index in [1.807, 2.05) is 30.3 Å². The van der Waals surface area contributed by atoms with Gasteiger partial charge in [0.1, 0.15) is 5.57 Å². The number of likely N-dealkylation sites (N-methyl/N-ethyl adjacent to an activating group) is 2. The number of imide groups is 2. The SMILES string of the molecule is Cc1nn(-c2ccccc2)cc1C=C1C(=O)N(C)C(=O)N(C)C1=O. The minimum Gasteiger partial charge on any atom is -0.268 e. The van der Waals surface area contributed by atoms with Gasteiger partial charge in [0.25, 0.3) is 11.8 Å². The molecule has 1 fully saturated rings. The number of para-hydroxylation sites is 1. The predicted molar refractivity (Wildman–Crippen MR) is 87.2 cm³/mol. The van der Waals surface area contributed by atoms with Crippen LogP contribution >= 0.6 is 0 Å². The van der Waals surface area contributed by atoms with Crippen LogP contribution in [0.2, 0.25) is 0 Å². The van der Waals surface area contributed by atoms with Crippen molar-refractivity contribution >= 4 is 23.9 Å². The first-order chi connectivity index (χ1) is 11.4. The van der Waals surface area contributed by atoms with Gasteiger partial charge in [-0.15, -0.1) is 0 Å². The maximum Gasteiger partial charge on any atom is 0.333 e. The lowest BCUT2D eigenvalue weighted by molar-refractivity contribution is -0.134. The van der Waals surface area contributed by atoms with Gasteiger partial charge in [-0.25, -0.2) is 9.48 Å². The Morgan fingerprint density at radius 2 is 1.54 bits per heavy atom. The Morgan fingerprint density at radius 3 is 2.12 bits per heavy atom. The first-order valence-corrected chi connectivity index (χ1v) is 7.33. The summed E-state index contributed by atoms with van der Waals surface area (Å²) in [6.07, 6.45) is 3.22. The van der Waals surface area contributed by atoms with Crippen LogP contribution in [0.25, 0.3) is 11.8 Å². The normalized spacial score (nSPS) is 15.3. The Morgan fingerprint density at radius 1 is 0.958 bits per heavy atom. The average molecular weight is 324 g/mol. The van der Waals surface area contributed by atoms with Crippen molar-refractivity contribution in [1.82, 2.24) is 19.6 Å². The van der Waals surface area contributed by atoms with E-state index in [0.717, 1.165) is 15.5 Å². The van der Waals surface area contributed by atoms with E-state index in [1.54, 1.807) is 17.8 Å². The number of hydrogen-bond acceptors (Lipinski definition) is 4. The van der Waals surface area contributed by atoms with Crippen LogP contribution in [0, 0.1) is 6.92 Å². The van der Waals surface area contributed by atoms with Gasteiger partial charge in [0.15, 0.2) is 0 Å². The van der Waals surface area contributed by atoms with Crippen molar-refractivity contribution in [2.24, 2.45) is 0 Å². The molecular formula is C17H16N4O3. The fraction of sp³-hybridized carbons (Fsp3) is 0.176. The molecule has 0 radical (unpaired) electrons. The third-order valence-corrected chi connectivity index (χ3v) is 3.90. The van der Waals surface area contributed by atoms with Crippen LogP contribution in [0.5, 0.6) is 0 Å². The van der Waals surface area contributed by atoms with E-state index in [2.05, 4.69) is 5.10 Å². The largest absolute Gasteiger partial charge is 0.333 e. The average Bonchev–Trinajstić information content (AvgIpc) is 2.97. The molecule has 0 atom stereocenters. The molecule has 0 unspecified atom stereocenters. The number of carbonyl (C=O) groups excluding carboxylic acids is 3. The van der Waals surface area contributed by atoms with E-state index < -0.39 is 17.8 Å². The zero-order valence-electron chi connectivity index (χ0n) is 13.6. The van der Waals surface area contributed by atoms with Gasteiger partial charge in [-0.1, -0.05) is 18.2 Å². The number of aromatic nitrogens is 2. The number of barbiturate groups is 1. The van der Waals surface area contributed by atoms with E-state index >= 15 is 0 Å². The molecular weight excluding hydrogens is 308 g/mol. The number of benzene rings is 1. The van der Waals surface area contributed by atoms with Crippen LogP contribution in [0.4, 0.5) is 4.79 Å². The standard InChI is InChI=1S/C17H16N4O3/c1-11-12(10-21(18-11)13-7-5-4-6-8-13)9-14-15(22)19(2)17(24)20(3)16(14)23/h4-10H,1-3H3. The summed E-state index contributed by atoms with van der Waals surface area (Å²) >= 11 is 0. The molecule has 0 saturated carbocycles. The molecule has 0 aliphatic carbocycles. The molecule has 122 valence electrons. The van der Waals surface area contributed by atoms with Crippen LogP contribution in [-0.4, -0.2) is 51.5 Å². The lowest BCUT2D eigenvalue weighted by Gasteiger charge is -2.28. The van der Waals surface area contributed by atoms with Crippen LogP contribution in [0.3, 0.4) is 0 Å². The van der Waals surface area contributed by atoms with Crippen LogP contribution in [0.15, 0.2) is 42.1 Å². The second-order valence-corrected chi connectivity index (χ2v) is 5.52. The number of urea groups is 1. The number of nitrogens with zero attached hydrogens (tertiary/aromatic N) is 4. The van der Waals surface area contributed by atoms with Gasteiger partial charge in [0.05, 0.1) is 11.4 Å². The summed E-state index contributed by atoms with van der Waals surface area (Å²) in [4.78, 5) is 38.1. The quantitative estimate of drug-likeness (QED) is 0.621. The van der Waals surface area contributed by atoms with Crippen molar-refractivity contribution < 1.29 is 14.4 Å². The second-order valence-electron chi connectivity index (χ2n) is 5.52. The van der Waals surface area contributed by atoms with Gasteiger partial charge in [0, 0.05) is 25.9 Å². The summed E-state index contributed by atoms with van der Waals surface area (Å²) in [6, 6.07) is 8.87. The smallest absolute Gasteiger partial charge is 0.268 e. The van der Waals surface area contributed by atoms with Crippen molar-refractivity contribution in [3.63, 3.8) is 0 Å². The highest BCUT2D eigenvalue weighted by Gasteiger charge is 2.37. The summed E-state index contributed by atoms with van der Waals surface area (Å²) in [5, 5.41) is 4.40. The zero-order valence-corrected chi connectivity index (χ0v) is 13.6. The molecule has 1 saturated heterocycles. The van der Waals surface area contributed by atoms with Crippen LogP contribution < -0.4 is 0 Å². The number of amides is 4. The number of hydrogen-bond donors (Lipinski definition) is 0. The van der Waals surface area contributed by atoms with Gasteiger partial charge in [-0.3, -0.25) is 19.4 Å². The summed E-state index contributed by atoms with van der Waals surface area (Å²) < 4.78 is 1.68. The third-order valence-electron chi connectivity index (χ3n) is 3.90. The number of carbonyl (C=O) groups is 3. The maximum atomic E-state index is 12.2. The Labute approximate surface area is 138 Å². The lowest BCUT2D eigenvalue weighted by atomic mass is 10.1. The van der Waals surface area contributed by atoms with Gasteiger partial charge in [-0.2, -0.15) is 5.10 Å². The summed E-state index contributed by atoms with van der Waals surface area (Å²) in [7, 11) is 2.70. The number of aryl methyl sites for hydroxylation is 1. The molecule has 2 heterocycles. The van der Waals surface area contributed by atoms with Crippen molar-refractivity contribution in [2.75, 3.05) is 14.1 Å². The van der Waals surface area contributed by atoms with Crippen molar-refractivity contribution in [3.05, 3.63) is 53.4 Å². The van der Waals surface area contributed by atoms with E-state index in [9.17, 15) is 14.4 Å². The van der Waals surface area contributed by atoms with Gasteiger partial charge in [-0.05, 0) is 25.1 Å².